The van der Waals surface area contributed by atoms with Gasteiger partial charge in [-0.05, 0) is 11.1 Å². The van der Waals surface area contributed by atoms with Crippen molar-refractivity contribution in [1.29, 1.82) is 0 Å². The van der Waals surface area contributed by atoms with Gasteiger partial charge in [-0.2, -0.15) is 11.2 Å². The molecule has 2 rings (SSSR count). The Balaban J connectivity index is 2.38. The molecule has 0 saturated carbocycles. The van der Waals surface area contributed by atoms with E-state index in [4.69, 9.17) is 0 Å². The molecule has 0 atom stereocenters. The van der Waals surface area contributed by atoms with Crippen LogP contribution in [0.2, 0.25) is 18.1 Å². The Morgan fingerprint density at radius 3 is 1.43 bits per heavy atom. The first-order valence-corrected chi connectivity index (χ1v) is 12.2. The number of benzene rings is 2. The van der Waals surface area contributed by atoms with E-state index in [1.807, 2.05) is 0 Å². The van der Waals surface area contributed by atoms with Crippen LogP contribution in [0.5, 0.6) is 0 Å². The van der Waals surface area contributed by atoms with Crippen LogP contribution in [0.4, 0.5) is 0 Å². The lowest BCUT2D eigenvalue weighted by Crippen LogP contribution is -2.28. The van der Waals surface area contributed by atoms with Crippen molar-refractivity contribution in [1.82, 2.24) is 0 Å². The molecule has 0 fully saturated rings. The van der Waals surface area contributed by atoms with E-state index >= 15 is 0 Å². The average molecular weight is 315 g/mol. The second kappa shape index (κ2) is 7.86. The van der Waals surface area contributed by atoms with Gasteiger partial charge < -0.3 is 0 Å². The fraction of sp³-hybridized carbons (Fsp3) is 0.368. The molecular weight excluding hydrogens is 288 g/mol. The molecule has 2 heteroatoms. The van der Waals surface area contributed by atoms with Gasteiger partial charge in [0.15, 0.2) is 0 Å². The van der Waals surface area contributed by atoms with E-state index in [1.54, 1.807) is 0 Å². The Morgan fingerprint density at radius 1 is 0.714 bits per heavy atom. The fourth-order valence-corrected chi connectivity index (χ4v) is 9.74. The highest BCUT2D eigenvalue weighted by Gasteiger charge is 2.32. The van der Waals surface area contributed by atoms with Gasteiger partial charge in [-0.1, -0.05) is 99.6 Å². The SMILES string of the molecule is CC[Si](CC)(CC)SC(c1ccccc1)c1ccccc1. The van der Waals surface area contributed by atoms with E-state index in [0.717, 1.165) is 0 Å². The Bertz CT molecular complexity index is 472. The highest BCUT2D eigenvalue weighted by Crippen LogP contribution is 2.45. The number of hydrogen-bond donors (Lipinski definition) is 0. The lowest BCUT2D eigenvalue weighted by Gasteiger charge is -2.32. The molecule has 0 spiro atoms. The van der Waals surface area contributed by atoms with Gasteiger partial charge in [-0.15, -0.1) is 0 Å². The van der Waals surface area contributed by atoms with Crippen LogP contribution in [-0.2, 0) is 0 Å². The third kappa shape index (κ3) is 4.01. The van der Waals surface area contributed by atoms with Crippen LogP contribution in [0, 0.1) is 0 Å². The molecule has 0 unspecified atom stereocenters. The zero-order chi connectivity index (χ0) is 15.1. The van der Waals surface area contributed by atoms with Gasteiger partial charge in [0, 0.05) is 5.25 Å². The van der Waals surface area contributed by atoms with Crippen LogP contribution in [0.15, 0.2) is 60.7 Å². The molecule has 0 aliphatic heterocycles. The highest BCUT2D eigenvalue weighted by atomic mass is 32.4. The van der Waals surface area contributed by atoms with E-state index < -0.39 is 7.22 Å². The van der Waals surface area contributed by atoms with Crippen molar-refractivity contribution in [3.8, 4) is 0 Å². The largest absolute Gasteiger partial charge is 0.172 e. The minimum Gasteiger partial charge on any atom is -0.172 e. The van der Waals surface area contributed by atoms with Crippen LogP contribution in [-0.4, -0.2) is 7.22 Å². The predicted molar refractivity (Wildman–Crippen MR) is 99.5 cm³/mol. The minimum absolute atomic E-state index is 0.485. The van der Waals surface area contributed by atoms with Gasteiger partial charge >= 0.3 is 0 Å². The first-order valence-electron chi connectivity index (χ1n) is 8.02. The fourth-order valence-electron chi connectivity index (χ4n) is 2.83. The smallest absolute Gasteiger partial charge is 0.117 e. The standard InChI is InChI=1S/C19H26SSi/c1-4-21(5-2,6-3)20-19(17-13-9-7-10-14-17)18-15-11-8-12-16-18/h7-16,19H,4-6H2,1-3H3. The molecule has 21 heavy (non-hydrogen) atoms. The molecule has 0 radical (unpaired) electrons. The van der Waals surface area contributed by atoms with Crippen LogP contribution >= 0.6 is 11.2 Å². The summed E-state index contributed by atoms with van der Waals surface area (Å²) in [5.41, 5.74) is 2.89. The van der Waals surface area contributed by atoms with Crippen molar-refractivity contribution < 1.29 is 0 Å². The van der Waals surface area contributed by atoms with Crippen LogP contribution in [0.1, 0.15) is 37.1 Å². The first kappa shape index (κ1) is 16.4. The third-order valence-corrected chi connectivity index (χ3v) is 14.5. The van der Waals surface area contributed by atoms with Crippen molar-refractivity contribution in [2.24, 2.45) is 0 Å². The third-order valence-electron chi connectivity index (χ3n) is 4.51. The van der Waals surface area contributed by atoms with Crippen molar-refractivity contribution >= 4 is 18.4 Å². The lowest BCUT2D eigenvalue weighted by atomic mass is 10.0. The second-order valence-electron chi connectivity index (χ2n) is 5.56. The van der Waals surface area contributed by atoms with Gasteiger partial charge in [0.25, 0.3) is 0 Å². The Morgan fingerprint density at radius 2 is 1.10 bits per heavy atom. The van der Waals surface area contributed by atoms with E-state index in [9.17, 15) is 0 Å². The van der Waals surface area contributed by atoms with Crippen molar-refractivity contribution in [2.45, 2.75) is 44.2 Å². The summed E-state index contributed by atoms with van der Waals surface area (Å²) in [5.74, 6) is 0. The van der Waals surface area contributed by atoms with Crippen LogP contribution < -0.4 is 0 Å². The molecule has 0 saturated heterocycles. The summed E-state index contributed by atoms with van der Waals surface area (Å²) in [6.45, 7) is 7.16. The average Bonchev–Trinajstić information content (AvgIpc) is 2.58. The van der Waals surface area contributed by atoms with E-state index in [2.05, 4.69) is 92.6 Å². The summed E-state index contributed by atoms with van der Waals surface area (Å²) in [6, 6.07) is 26.1. The topological polar surface area (TPSA) is 0 Å². The Hall–Kier alpha value is -0.993. The molecule has 2 aromatic carbocycles. The van der Waals surface area contributed by atoms with E-state index in [0.29, 0.717) is 5.25 Å². The molecule has 0 aliphatic rings. The van der Waals surface area contributed by atoms with E-state index in [1.165, 1.54) is 29.3 Å². The lowest BCUT2D eigenvalue weighted by molar-refractivity contribution is 1.15. The molecule has 0 amide bonds. The summed E-state index contributed by atoms with van der Waals surface area (Å²) in [6.07, 6.45) is 0. The maximum absolute atomic E-state index is 2.39. The van der Waals surface area contributed by atoms with Crippen LogP contribution in [0.3, 0.4) is 0 Å². The molecule has 0 aliphatic carbocycles. The van der Waals surface area contributed by atoms with E-state index in [-0.39, 0.29) is 0 Å². The van der Waals surface area contributed by atoms with Crippen molar-refractivity contribution in [3.63, 3.8) is 0 Å². The zero-order valence-corrected chi connectivity index (χ0v) is 15.2. The van der Waals surface area contributed by atoms with Crippen molar-refractivity contribution in [3.05, 3.63) is 71.8 Å². The first-order chi connectivity index (χ1) is 10.2. The van der Waals surface area contributed by atoms with Gasteiger partial charge in [0.2, 0.25) is 0 Å². The van der Waals surface area contributed by atoms with Gasteiger partial charge in [0.05, 0.1) is 0 Å². The zero-order valence-electron chi connectivity index (χ0n) is 13.4. The van der Waals surface area contributed by atoms with Gasteiger partial charge in [-0.25, -0.2) is 0 Å². The summed E-state index contributed by atoms with van der Waals surface area (Å²) in [4.78, 5) is 0. The predicted octanol–water partition coefficient (Wildman–Crippen LogP) is 6.51. The van der Waals surface area contributed by atoms with Gasteiger partial charge in [0.1, 0.15) is 7.22 Å². The number of rotatable bonds is 7. The molecule has 0 bridgehead atoms. The molecule has 2 aromatic rings. The molecular formula is C19H26SSi. The quantitative estimate of drug-likeness (QED) is 0.525. The molecule has 0 nitrogen and oxygen atoms in total. The molecule has 0 aromatic heterocycles. The second-order valence-corrected chi connectivity index (χ2v) is 14.1. The summed E-state index contributed by atoms with van der Waals surface area (Å²) < 4.78 is 0. The Labute approximate surface area is 134 Å². The summed E-state index contributed by atoms with van der Waals surface area (Å²) in [7, 11) is -1.23. The van der Waals surface area contributed by atoms with Gasteiger partial charge in [-0.3, -0.25) is 0 Å². The highest BCUT2D eigenvalue weighted by molar-refractivity contribution is 8.29. The normalized spacial score (nSPS) is 11.8. The summed E-state index contributed by atoms with van der Waals surface area (Å²) >= 11 is 2.28. The Kier molecular flexibility index (Phi) is 6.13. The maximum Gasteiger partial charge on any atom is 0.117 e. The molecule has 0 heterocycles. The molecule has 112 valence electrons. The molecule has 0 N–H and O–H groups in total. The summed E-state index contributed by atoms with van der Waals surface area (Å²) in [5, 5.41) is 0.485. The minimum atomic E-state index is -1.23. The van der Waals surface area contributed by atoms with Crippen LogP contribution in [0.25, 0.3) is 0 Å². The monoisotopic (exact) mass is 314 g/mol. The number of hydrogen-bond acceptors (Lipinski definition) is 1. The van der Waals surface area contributed by atoms with Crippen molar-refractivity contribution in [2.75, 3.05) is 0 Å². The maximum atomic E-state index is 2.39.